The predicted molar refractivity (Wildman–Crippen MR) is 79.0 cm³/mol. The average molecular weight is 313 g/mol. The minimum absolute atomic E-state index is 0.136. The zero-order valence-corrected chi connectivity index (χ0v) is 12.8. The smallest absolute Gasteiger partial charge is 0.261 e. The second kappa shape index (κ2) is 5.96. The highest BCUT2D eigenvalue weighted by molar-refractivity contribution is 5.96. The van der Waals surface area contributed by atoms with Crippen molar-refractivity contribution < 1.29 is 14.3 Å². The average Bonchev–Trinajstić information content (AvgIpc) is 2.91. The van der Waals surface area contributed by atoms with Crippen molar-refractivity contribution in [2.75, 3.05) is 20.2 Å². The van der Waals surface area contributed by atoms with Gasteiger partial charge in [0.1, 0.15) is 11.7 Å². The molecule has 8 nitrogen and oxygen atoms in total. The van der Waals surface area contributed by atoms with Crippen LogP contribution in [0, 0.1) is 11.3 Å². The molecule has 0 spiro atoms. The summed E-state index contributed by atoms with van der Waals surface area (Å²) in [4.78, 5) is 18.1. The van der Waals surface area contributed by atoms with E-state index in [-0.39, 0.29) is 12.0 Å². The fraction of sp³-hybridized carbons (Fsp3) is 0.333. The van der Waals surface area contributed by atoms with Crippen LogP contribution in [0.3, 0.4) is 0 Å². The third kappa shape index (κ3) is 2.94. The van der Waals surface area contributed by atoms with Crippen LogP contribution in [0.2, 0.25) is 0 Å². The van der Waals surface area contributed by atoms with Crippen LogP contribution in [0.1, 0.15) is 15.9 Å². The Morgan fingerprint density at radius 1 is 1.48 bits per heavy atom. The first kappa shape index (κ1) is 14.8. The number of methoxy groups -OCH3 is 1. The number of aromatic nitrogens is 3. The van der Waals surface area contributed by atoms with Gasteiger partial charge in [0.05, 0.1) is 31.8 Å². The number of carbonyl (C=O) groups excluding carboxylic acids is 1. The summed E-state index contributed by atoms with van der Waals surface area (Å²) in [5.74, 6) is 0.555. The van der Waals surface area contributed by atoms with E-state index in [4.69, 9.17) is 14.7 Å². The summed E-state index contributed by atoms with van der Waals surface area (Å²) in [5.41, 5.74) is 0.917. The van der Waals surface area contributed by atoms with Gasteiger partial charge in [-0.2, -0.15) is 5.26 Å². The molecule has 118 valence electrons. The topological polar surface area (TPSA) is 93.3 Å². The molecule has 0 N–H and O–H groups in total. The lowest BCUT2D eigenvalue weighted by Gasteiger charge is -2.38. The van der Waals surface area contributed by atoms with Crippen molar-refractivity contribution >= 4 is 5.91 Å². The summed E-state index contributed by atoms with van der Waals surface area (Å²) in [7, 11) is 3.21. The van der Waals surface area contributed by atoms with Crippen LogP contribution >= 0.6 is 0 Å². The van der Waals surface area contributed by atoms with E-state index in [2.05, 4.69) is 10.1 Å². The Labute approximate surface area is 132 Å². The monoisotopic (exact) mass is 313 g/mol. The number of pyridine rings is 1. The Morgan fingerprint density at radius 3 is 2.96 bits per heavy atom. The van der Waals surface area contributed by atoms with Gasteiger partial charge in [0.2, 0.25) is 11.8 Å². The molecule has 23 heavy (non-hydrogen) atoms. The van der Waals surface area contributed by atoms with E-state index in [0.29, 0.717) is 36.0 Å². The Bertz CT molecular complexity index is 774. The minimum atomic E-state index is -0.145. The summed E-state index contributed by atoms with van der Waals surface area (Å²) in [5, 5.41) is 12.9. The lowest BCUT2D eigenvalue weighted by Crippen LogP contribution is -2.56. The van der Waals surface area contributed by atoms with Crippen molar-refractivity contribution in [1.82, 2.24) is 19.7 Å². The van der Waals surface area contributed by atoms with Gasteiger partial charge in [0.15, 0.2) is 0 Å². The SMILES string of the molecule is COc1nn(C)cc1C(=O)N1CC(Oc2cc(C#N)ccn2)C1. The summed E-state index contributed by atoms with van der Waals surface area (Å²) in [6, 6.07) is 5.22. The van der Waals surface area contributed by atoms with Crippen LogP contribution in [0.5, 0.6) is 11.8 Å². The van der Waals surface area contributed by atoms with Gasteiger partial charge in [0, 0.05) is 25.5 Å². The molecular weight excluding hydrogens is 298 g/mol. The lowest BCUT2D eigenvalue weighted by molar-refractivity contribution is 0.0158. The van der Waals surface area contributed by atoms with Crippen LogP contribution in [0.25, 0.3) is 0 Å². The van der Waals surface area contributed by atoms with Crippen LogP contribution in [-0.2, 0) is 7.05 Å². The highest BCUT2D eigenvalue weighted by Crippen LogP contribution is 2.22. The predicted octanol–water partition coefficient (Wildman–Crippen LogP) is 0.599. The first-order valence-corrected chi connectivity index (χ1v) is 7.00. The summed E-state index contributed by atoms with van der Waals surface area (Å²) < 4.78 is 12.3. The molecule has 1 fully saturated rings. The van der Waals surface area contributed by atoms with E-state index in [9.17, 15) is 4.79 Å². The summed E-state index contributed by atoms with van der Waals surface area (Å²) in [6.07, 6.45) is 3.02. The molecule has 0 bridgehead atoms. The zero-order valence-electron chi connectivity index (χ0n) is 12.8. The molecule has 0 atom stereocenters. The molecular formula is C15H15N5O3. The third-order valence-electron chi connectivity index (χ3n) is 3.51. The van der Waals surface area contributed by atoms with Crippen LogP contribution < -0.4 is 9.47 Å². The number of hydrogen-bond donors (Lipinski definition) is 0. The van der Waals surface area contributed by atoms with Crippen molar-refractivity contribution in [3.8, 4) is 17.8 Å². The first-order chi connectivity index (χ1) is 11.1. The largest absolute Gasteiger partial charge is 0.479 e. The highest BCUT2D eigenvalue weighted by atomic mass is 16.5. The molecule has 0 saturated carbocycles. The molecule has 0 unspecified atom stereocenters. The van der Waals surface area contributed by atoms with Gasteiger partial charge in [-0.15, -0.1) is 5.10 Å². The first-order valence-electron chi connectivity index (χ1n) is 7.00. The molecule has 0 aromatic carbocycles. The van der Waals surface area contributed by atoms with Crippen LogP contribution in [-0.4, -0.2) is 51.9 Å². The molecule has 3 heterocycles. The zero-order chi connectivity index (χ0) is 16.4. The van der Waals surface area contributed by atoms with E-state index in [0.717, 1.165) is 0 Å². The third-order valence-corrected chi connectivity index (χ3v) is 3.51. The molecule has 1 saturated heterocycles. The molecule has 1 aliphatic heterocycles. The quantitative estimate of drug-likeness (QED) is 0.820. The Kier molecular flexibility index (Phi) is 3.85. The number of nitrogens with zero attached hydrogens (tertiary/aromatic N) is 5. The Balaban J connectivity index is 1.60. The van der Waals surface area contributed by atoms with Crippen molar-refractivity contribution in [3.05, 3.63) is 35.7 Å². The van der Waals surface area contributed by atoms with E-state index in [1.54, 1.807) is 30.3 Å². The Morgan fingerprint density at radius 2 is 2.26 bits per heavy atom. The minimum Gasteiger partial charge on any atom is -0.479 e. The molecule has 0 aliphatic carbocycles. The van der Waals surface area contributed by atoms with Crippen LogP contribution in [0.15, 0.2) is 24.5 Å². The van der Waals surface area contributed by atoms with E-state index < -0.39 is 0 Å². The van der Waals surface area contributed by atoms with Crippen LogP contribution in [0.4, 0.5) is 0 Å². The number of hydrogen-bond acceptors (Lipinski definition) is 6. The maximum atomic E-state index is 12.4. The second-order valence-electron chi connectivity index (χ2n) is 5.17. The van der Waals surface area contributed by atoms with Crippen molar-refractivity contribution in [2.24, 2.45) is 7.05 Å². The van der Waals surface area contributed by atoms with Gasteiger partial charge in [-0.1, -0.05) is 0 Å². The molecule has 8 heteroatoms. The summed E-state index contributed by atoms with van der Waals surface area (Å²) >= 11 is 0. The lowest BCUT2D eigenvalue weighted by atomic mass is 10.1. The Hall–Kier alpha value is -3.08. The second-order valence-corrected chi connectivity index (χ2v) is 5.17. The van der Waals surface area contributed by atoms with Gasteiger partial charge < -0.3 is 14.4 Å². The number of rotatable bonds is 4. The fourth-order valence-corrected chi connectivity index (χ4v) is 2.33. The molecule has 1 aliphatic rings. The van der Waals surface area contributed by atoms with Crippen molar-refractivity contribution in [1.29, 1.82) is 5.26 Å². The fourth-order valence-electron chi connectivity index (χ4n) is 2.33. The summed E-state index contributed by atoms with van der Waals surface area (Å²) in [6.45, 7) is 0.907. The van der Waals surface area contributed by atoms with Gasteiger partial charge >= 0.3 is 0 Å². The molecule has 3 rings (SSSR count). The van der Waals surface area contributed by atoms with Gasteiger partial charge in [-0.3, -0.25) is 9.48 Å². The number of likely N-dealkylation sites (tertiary alicyclic amines) is 1. The molecule has 1 amide bonds. The standard InChI is InChI=1S/C15H15N5O3/c1-19-9-12(14(18-19)22-2)15(21)20-7-11(8-20)23-13-5-10(6-16)3-4-17-13/h3-5,9,11H,7-8H2,1-2H3. The molecule has 0 radical (unpaired) electrons. The van der Waals surface area contributed by atoms with E-state index >= 15 is 0 Å². The highest BCUT2D eigenvalue weighted by Gasteiger charge is 2.35. The maximum Gasteiger partial charge on any atom is 0.261 e. The van der Waals surface area contributed by atoms with Crippen molar-refractivity contribution in [2.45, 2.75) is 6.10 Å². The number of amides is 1. The van der Waals surface area contributed by atoms with Gasteiger partial charge in [0.25, 0.3) is 5.91 Å². The number of aryl methyl sites for hydroxylation is 1. The van der Waals surface area contributed by atoms with Gasteiger partial charge in [-0.05, 0) is 6.07 Å². The number of carbonyl (C=O) groups is 1. The van der Waals surface area contributed by atoms with Gasteiger partial charge in [-0.25, -0.2) is 4.98 Å². The number of nitriles is 1. The normalized spacial score (nSPS) is 14.0. The van der Waals surface area contributed by atoms with E-state index in [1.807, 2.05) is 6.07 Å². The molecule has 2 aromatic heterocycles. The van der Waals surface area contributed by atoms with E-state index in [1.165, 1.54) is 18.0 Å². The number of ether oxygens (including phenoxy) is 2. The maximum absolute atomic E-state index is 12.4. The molecule has 2 aromatic rings. The van der Waals surface area contributed by atoms with Crippen molar-refractivity contribution in [3.63, 3.8) is 0 Å².